The highest BCUT2D eigenvalue weighted by Crippen LogP contribution is 2.26. The molecule has 76 valence electrons. The average Bonchev–Trinajstić information content (AvgIpc) is 2.14. The number of ether oxygens (including phenoxy) is 1. The first-order valence-corrected chi connectivity index (χ1v) is 5.21. The van der Waals surface area contributed by atoms with Crippen LogP contribution < -0.4 is 10.5 Å². The Morgan fingerprint density at radius 1 is 1.57 bits per heavy atom. The zero-order valence-corrected chi connectivity index (χ0v) is 9.60. The van der Waals surface area contributed by atoms with Gasteiger partial charge in [0.05, 0.1) is 12.2 Å². The highest BCUT2D eigenvalue weighted by atomic mass is 79.9. The van der Waals surface area contributed by atoms with Gasteiger partial charge in [-0.15, -0.1) is 0 Å². The Balaban J connectivity index is 3.02. The summed E-state index contributed by atoms with van der Waals surface area (Å²) in [6, 6.07) is 5.52. The van der Waals surface area contributed by atoms with E-state index in [1.807, 2.05) is 25.1 Å². The van der Waals surface area contributed by atoms with Gasteiger partial charge in [-0.05, 0) is 34.5 Å². The Morgan fingerprint density at radius 3 is 2.86 bits per heavy atom. The van der Waals surface area contributed by atoms with E-state index in [0.717, 1.165) is 10.9 Å². The first kappa shape index (κ1) is 11.0. The van der Waals surface area contributed by atoms with E-state index in [2.05, 4.69) is 15.9 Å². The molecule has 1 rings (SSSR count). The smallest absolute Gasteiger partial charge is 0.131 e. The van der Waals surface area contributed by atoms with Crippen LogP contribution in [0.25, 0.3) is 0 Å². The van der Waals surface area contributed by atoms with Crippen molar-refractivity contribution in [3.8, 4) is 5.75 Å². The third-order valence-corrected chi connectivity index (χ3v) is 2.37. The predicted octanol–water partition coefficient (Wildman–Crippen LogP) is 2.52. The van der Waals surface area contributed by atoms with Crippen molar-refractivity contribution in [2.75, 3.05) is 6.61 Å². The maximum Gasteiger partial charge on any atom is 0.131 e. The standard InChI is InChI=1S/C10H13BrN2O/c1-2-6-14-8-5-3-4-7(11)9(8)10(12)13/h3-5H,2,6H2,1H3,(H3,12,13). The molecule has 0 bridgehead atoms. The van der Waals surface area contributed by atoms with Crippen LogP contribution in [0.1, 0.15) is 18.9 Å². The molecule has 3 N–H and O–H groups in total. The molecule has 0 saturated carbocycles. The van der Waals surface area contributed by atoms with Crippen LogP contribution in [0.4, 0.5) is 0 Å². The van der Waals surface area contributed by atoms with Gasteiger partial charge in [0, 0.05) is 4.47 Å². The van der Waals surface area contributed by atoms with E-state index in [-0.39, 0.29) is 5.84 Å². The van der Waals surface area contributed by atoms with Gasteiger partial charge >= 0.3 is 0 Å². The van der Waals surface area contributed by atoms with Crippen molar-refractivity contribution in [3.63, 3.8) is 0 Å². The summed E-state index contributed by atoms with van der Waals surface area (Å²) >= 11 is 3.34. The number of hydrogen-bond acceptors (Lipinski definition) is 2. The van der Waals surface area contributed by atoms with Gasteiger partial charge < -0.3 is 10.5 Å². The maximum absolute atomic E-state index is 7.42. The molecule has 0 radical (unpaired) electrons. The molecular formula is C10H13BrN2O. The molecule has 0 aromatic heterocycles. The van der Waals surface area contributed by atoms with Crippen molar-refractivity contribution in [2.24, 2.45) is 5.73 Å². The van der Waals surface area contributed by atoms with Crippen molar-refractivity contribution < 1.29 is 4.74 Å². The van der Waals surface area contributed by atoms with Gasteiger partial charge in [-0.3, -0.25) is 5.41 Å². The van der Waals surface area contributed by atoms with Crippen LogP contribution in [0.5, 0.6) is 5.75 Å². The SMILES string of the molecule is CCCOc1cccc(Br)c1C(=N)N. The summed E-state index contributed by atoms with van der Waals surface area (Å²) in [5.41, 5.74) is 6.09. The first-order chi connectivity index (χ1) is 6.66. The minimum atomic E-state index is 0.0172. The Kier molecular flexibility index (Phi) is 3.95. The average molecular weight is 257 g/mol. The number of amidine groups is 1. The molecular weight excluding hydrogens is 244 g/mol. The normalized spacial score (nSPS) is 9.86. The molecule has 0 heterocycles. The molecule has 4 heteroatoms. The molecule has 0 fully saturated rings. The Morgan fingerprint density at radius 2 is 2.29 bits per heavy atom. The topological polar surface area (TPSA) is 59.1 Å². The van der Waals surface area contributed by atoms with Gasteiger partial charge in [0.15, 0.2) is 0 Å². The van der Waals surface area contributed by atoms with Crippen LogP contribution in [0, 0.1) is 5.41 Å². The van der Waals surface area contributed by atoms with E-state index in [1.54, 1.807) is 0 Å². The summed E-state index contributed by atoms with van der Waals surface area (Å²) in [5.74, 6) is 0.678. The zero-order valence-electron chi connectivity index (χ0n) is 8.01. The van der Waals surface area contributed by atoms with Gasteiger partial charge in [-0.25, -0.2) is 0 Å². The third kappa shape index (κ3) is 2.48. The Hall–Kier alpha value is -1.03. The fourth-order valence-electron chi connectivity index (χ4n) is 1.10. The number of rotatable bonds is 4. The quantitative estimate of drug-likeness (QED) is 0.643. The molecule has 14 heavy (non-hydrogen) atoms. The van der Waals surface area contributed by atoms with Gasteiger partial charge in [0.1, 0.15) is 11.6 Å². The van der Waals surface area contributed by atoms with Crippen molar-refractivity contribution in [1.82, 2.24) is 0 Å². The lowest BCUT2D eigenvalue weighted by molar-refractivity contribution is 0.316. The monoisotopic (exact) mass is 256 g/mol. The van der Waals surface area contributed by atoms with Crippen molar-refractivity contribution in [3.05, 3.63) is 28.2 Å². The van der Waals surface area contributed by atoms with Crippen LogP contribution in [0.15, 0.2) is 22.7 Å². The lowest BCUT2D eigenvalue weighted by Crippen LogP contribution is -2.14. The van der Waals surface area contributed by atoms with Crippen molar-refractivity contribution >= 4 is 21.8 Å². The summed E-state index contributed by atoms with van der Waals surface area (Å²) < 4.78 is 6.27. The molecule has 0 aliphatic heterocycles. The number of hydrogen-bond donors (Lipinski definition) is 2. The Labute approximate surface area is 91.9 Å². The summed E-state index contributed by atoms with van der Waals surface area (Å²) in [6.07, 6.45) is 0.934. The summed E-state index contributed by atoms with van der Waals surface area (Å²) in [7, 11) is 0. The lowest BCUT2D eigenvalue weighted by atomic mass is 10.2. The van der Waals surface area contributed by atoms with E-state index in [4.69, 9.17) is 15.9 Å². The molecule has 0 atom stereocenters. The minimum Gasteiger partial charge on any atom is -0.493 e. The molecule has 1 aromatic rings. The highest BCUT2D eigenvalue weighted by molar-refractivity contribution is 9.10. The predicted molar refractivity (Wildman–Crippen MR) is 60.9 cm³/mol. The van der Waals surface area contributed by atoms with Crippen LogP contribution >= 0.6 is 15.9 Å². The number of halogens is 1. The molecule has 0 amide bonds. The van der Waals surface area contributed by atoms with E-state index >= 15 is 0 Å². The van der Waals surface area contributed by atoms with Gasteiger partial charge in [-0.1, -0.05) is 13.0 Å². The van der Waals surface area contributed by atoms with Crippen LogP contribution in [0.3, 0.4) is 0 Å². The molecule has 0 spiro atoms. The number of nitrogens with two attached hydrogens (primary N) is 1. The molecule has 3 nitrogen and oxygen atoms in total. The molecule has 1 aromatic carbocycles. The van der Waals surface area contributed by atoms with E-state index < -0.39 is 0 Å². The molecule has 0 saturated heterocycles. The first-order valence-electron chi connectivity index (χ1n) is 4.42. The second-order valence-corrected chi connectivity index (χ2v) is 3.73. The summed E-state index contributed by atoms with van der Waals surface area (Å²) in [5, 5.41) is 7.42. The second kappa shape index (κ2) is 5.00. The number of benzene rings is 1. The number of nitrogen functional groups attached to an aromatic ring is 1. The summed E-state index contributed by atoms with van der Waals surface area (Å²) in [6.45, 7) is 2.67. The van der Waals surface area contributed by atoms with E-state index in [0.29, 0.717) is 17.9 Å². The van der Waals surface area contributed by atoms with Crippen LogP contribution in [-0.2, 0) is 0 Å². The van der Waals surface area contributed by atoms with Crippen molar-refractivity contribution in [2.45, 2.75) is 13.3 Å². The molecule has 0 aliphatic rings. The maximum atomic E-state index is 7.42. The van der Waals surface area contributed by atoms with Crippen LogP contribution in [0.2, 0.25) is 0 Å². The second-order valence-electron chi connectivity index (χ2n) is 2.88. The van der Waals surface area contributed by atoms with Crippen molar-refractivity contribution in [1.29, 1.82) is 5.41 Å². The third-order valence-electron chi connectivity index (χ3n) is 1.71. The number of nitrogens with one attached hydrogen (secondary N) is 1. The molecule has 0 aliphatic carbocycles. The van der Waals surface area contributed by atoms with Gasteiger partial charge in [-0.2, -0.15) is 0 Å². The lowest BCUT2D eigenvalue weighted by Gasteiger charge is -2.10. The van der Waals surface area contributed by atoms with E-state index in [1.165, 1.54) is 0 Å². The van der Waals surface area contributed by atoms with Gasteiger partial charge in [0.25, 0.3) is 0 Å². The summed E-state index contributed by atoms with van der Waals surface area (Å²) in [4.78, 5) is 0. The minimum absolute atomic E-state index is 0.0172. The fraction of sp³-hybridized carbons (Fsp3) is 0.300. The van der Waals surface area contributed by atoms with Gasteiger partial charge in [0.2, 0.25) is 0 Å². The highest BCUT2D eigenvalue weighted by Gasteiger charge is 2.09. The van der Waals surface area contributed by atoms with E-state index in [9.17, 15) is 0 Å². The fourth-order valence-corrected chi connectivity index (χ4v) is 1.66. The Bertz CT molecular complexity index is 339. The molecule has 0 unspecified atom stereocenters. The zero-order chi connectivity index (χ0) is 10.6. The largest absolute Gasteiger partial charge is 0.493 e. The van der Waals surface area contributed by atoms with Crippen LogP contribution in [-0.4, -0.2) is 12.4 Å².